The summed E-state index contributed by atoms with van der Waals surface area (Å²) in [5.41, 5.74) is 2.69. The van der Waals surface area contributed by atoms with Crippen molar-refractivity contribution < 1.29 is 28.6 Å². The van der Waals surface area contributed by atoms with Crippen molar-refractivity contribution >= 4 is 17.9 Å². The lowest BCUT2D eigenvalue weighted by molar-refractivity contribution is 0.146. The summed E-state index contributed by atoms with van der Waals surface area (Å²) in [6.45, 7) is 0.809. The molecule has 0 aliphatic carbocycles. The van der Waals surface area contributed by atoms with E-state index in [0.717, 1.165) is 5.56 Å². The fraction of sp³-hybridized carbons (Fsp3) is 0.200. The summed E-state index contributed by atoms with van der Waals surface area (Å²) >= 11 is 0. The van der Waals surface area contributed by atoms with E-state index in [2.05, 4.69) is 5.32 Å². The molecule has 4 rings (SSSR count). The molecule has 1 saturated heterocycles. The summed E-state index contributed by atoms with van der Waals surface area (Å²) in [7, 11) is 0. The molecule has 3 aromatic carbocycles. The highest BCUT2D eigenvalue weighted by molar-refractivity contribution is 5.87. The van der Waals surface area contributed by atoms with E-state index in [9.17, 15) is 19.1 Å². The Hall–Kier alpha value is -4.07. The first kappa shape index (κ1) is 22.1. The molecule has 3 aromatic rings. The van der Waals surface area contributed by atoms with Crippen LogP contribution >= 0.6 is 0 Å². The second kappa shape index (κ2) is 10.0. The Morgan fingerprint density at radius 1 is 1.06 bits per heavy atom. The van der Waals surface area contributed by atoms with Crippen molar-refractivity contribution in [1.82, 2.24) is 4.90 Å². The van der Waals surface area contributed by atoms with E-state index in [1.165, 1.54) is 17.0 Å². The van der Waals surface area contributed by atoms with Gasteiger partial charge in [0.15, 0.2) is 0 Å². The Labute approximate surface area is 190 Å². The lowest BCUT2D eigenvalue weighted by Gasteiger charge is -2.18. The maximum Gasteiger partial charge on any atom is 0.411 e. The molecular formula is C25H23FN2O5. The largest absolute Gasteiger partial charge is 0.488 e. The highest BCUT2D eigenvalue weighted by Gasteiger charge is 2.28. The number of carbonyl (C=O) groups excluding carboxylic acids is 1. The van der Waals surface area contributed by atoms with E-state index in [-0.39, 0.29) is 25.1 Å². The number of ether oxygens (including phenoxy) is 2. The molecule has 0 saturated carbocycles. The fourth-order valence-corrected chi connectivity index (χ4v) is 3.62. The molecule has 1 fully saturated rings. The Morgan fingerprint density at radius 3 is 2.52 bits per heavy atom. The highest BCUT2D eigenvalue weighted by atomic mass is 19.1. The number of carboxylic acid groups (broad SMARTS) is 1. The van der Waals surface area contributed by atoms with E-state index in [0.29, 0.717) is 35.5 Å². The van der Waals surface area contributed by atoms with Crippen LogP contribution in [0.5, 0.6) is 5.75 Å². The second-order valence-corrected chi connectivity index (χ2v) is 7.66. The molecule has 7 nitrogen and oxygen atoms in total. The number of amides is 2. The van der Waals surface area contributed by atoms with E-state index >= 15 is 0 Å². The minimum absolute atomic E-state index is 0.139. The third-order valence-corrected chi connectivity index (χ3v) is 5.30. The number of carbonyl (C=O) groups is 2. The maximum atomic E-state index is 13.5. The molecule has 0 radical (unpaired) electrons. The number of hydrogen-bond acceptors (Lipinski definition) is 4. The molecule has 0 aromatic heterocycles. The Bertz CT molecular complexity index is 1120. The van der Waals surface area contributed by atoms with Crippen LogP contribution in [0.2, 0.25) is 0 Å². The fourth-order valence-electron chi connectivity index (χ4n) is 3.62. The third-order valence-electron chi connectivity index (χ3n) is 5.30. The molecule has 1 heterocycles. The number of nitrogens with zero attached hydrogens (tertiary/aromatic N) is 1. The molecule has 0 spiro atoms. The predicted octanol–water partition coefficient (Wildman–Crippen LogP) is 5.37. The molecule has 2 N–H and O–H groups in total. The topological polar surface area (TPSA) is 88.1 Å². The van der Waals surface area contributed by atoms with E-state index in [4.69, 9.17) is 9.47 Å². The Kier molecular flexibility index (Phi) is 6.73. The predicted molar refractivity (Wildman–Crippen MR) is 121 cm³/mol. The van der Waals surface area contributed by atoms with Crippen molar-refractivity contribution in [2.24, 2.45) is 0 Å². The highest BCUT2D eigenvalue weighted by Crippen LogP contribution is 2.34. The van der Waals surface area contributed by atoms with Crippen molar-refractivity contribution in [2.75, 3.05) is 18.4 Å². The zero-order valence-electron chi connectivity index (χ0n) is 17.7. The SMILES string of the molecule is O=C(Nc1ccc(OC2CCN(C(=O)O)C2)c(-c2ccc(F)cc2)c1)OCc1ccccc1. The van der Waals surface area contributed by atoms with E-state index in [1.54, 1.807) is 30.3 Å². The summed E-state index contributed by atoms with van der Waals surface area (Å²) in [6, 6.07) is 20.4. The van der Waals surface area contributed by atoms with Gasteiger partial charge in [0.1, 0.15) is 24.3 Å². The molecule has 1 aliphatic heterocycles. The standard InChI is InChI=1S/C25H23FN2O5/c26-19-8-6-18(7-9-19)22-14-20(27-24(29)32-16-17-4-2-1-3-5-17)10-11-23(22)33-21-12-13-28(15-21)25(30)31/h1-11,14,21H,12-13,15-16H2,(H,27,29)(H,30,31). The maximum absolute atomic E-state index is 13.5. The lowest BCUT2D eigenvalue weighted by Crippen LogP contribution is -2.29. The number of nitrogens with one attached hydrogen (secondary N) is 1. The number of halogens is 1. The van der Waals surface area contributed by atoms with Gasteiger partial charge >= 0.3 is 12.2 Å². The van der Waals surface area contributed by atoms with Crippen LogP contribution < -0.4 is 10.1 Å². The third kappa shape index (κ3) is 5.79. The van der Waals surface area contributed by atoms with Gasteiger partial charge in [-0.15, -0.1) is 0 Å². The summed E-state index contributed by atoms with van der Waals surface area (Å²) < 4.78 is 24.8. The molecular weight excluding hydrogens is 427 g/mol. The Morgan fingerprint density at radius 2 is 1.82 bits per heavy atom. The molecule has 1 atom stereocenters. The lowest BCUT2D eigenvalue weighted by atomic mass is 10.0. The van der Waals surface area contributed by atoms with Gasteiger partial charge in [0.05, 0.1) is 6.54 Å². The van der Waals surface area contributed by atoms with Gasteiger partial charge in [-0.2, -0.15) is 0 Å². The van der Waals surface area contributed by atoms with E-state index in [1.807, 2.05) is 30.3 Å². The average molecular weight is 450 g/mol. The quantitative estimate of drug-likeness (QED) is 0.527. The molecule has 1 aliphatic rings. The van der Waals surface area contributed by atoms with Gasteiger partial charge in [0.25, 0.3) is 0 Å². The summed E-state index contributed by atoms with van der Waals surface area (Å²) in [5, 5.41) is 11.9. The minimum Gasteiger partial charge on any atom is -0.488 e. The van der Waals surface area contributed by atoms with Crippen LogP contribution in [0.4, 0.5) is 19.7 Å². The van der Waals surface area contributed by atoms with Crippen molar-refractivity contribution in [3.8, 4) is 16.9 Å². The number of anilines is 1. The Balaban J connectivity index is 1.50. The van der Waals surface area contributed by atoms with Gasteiger partial charge < -0.3 is 19.5 Å². The number of hydrogen-bond donors (Lipinski definition) is 2. The molecule has 33 heavy (non-hydrogen) atoms. The van der Waals surface area contributed by atoms with Gasteiger partial charge in [-0.25, -0.2) is 14.0 Å². The zero-order chi connectivity index (χ0) is 23.2. The van der Waals surface area contributed by atoms with Crippen LogP contribution in [0.1, 0.15) is 12.0 Å². The van der Waals surface area contributed by atoms with Gasteiger partial charge in [-0.05, 0) is 41.5 Å². The van der Waals surface area contributed by atoms with Gasteiger partial charge in [0.2, 0.25) is 0 Å². The van der Waals surface area contributed by atoms with Crippen molar-refractivity contribution in [3.63, 3.8) is 0 Å². The summed E-state index contributed by atoms with van der Waals surface area (Å²) in [6.07, 6.45) is -1.31. The first-order valence-corrected chi connectivity index (χ1v) is 10.5. The van der Waals surface area contributed by atoms with Crippen molar-refractivity contribution in [2.45, 2.75) is 19.1 Å². The van der Waals surface area contributed by atoms with E-state index < -0.39 is 12.2 Å². The van der Waals surface area contributed by atoms with Gasteiger partial charge in [-0.1, -0.05) is 42.5 Å². The minimum atomic E-state index is -0.978. The molecule has 0 bridgehead atoms. The van der Waals surface area contributed by atoms with Crippen LogP contribution in [-0.4, -0.2) is 41.4 Å². The first-order chi connectivity index (χ1) is 16.0. The average Bonchev–Trinajstić information content (AvgIpc) is 3.29. The number of likely N-dealkylation sites (tertiary alicyclic amines) is 1. The van der Waals surface area contributed by atoms with Crippen LogP contribution in [0.15, 0.2) is 72.8 Å². The van der Waals surface area contributed by atoms with Crippen LogP contribution in [-0.2, 0) is 11.3 Å². The molecule has 1 unspecified atom stereocenters. The second-order valence-electron chi connectivity index (χ2n) is 7.66. The molecule has 2 amide bonds. The number of rotatable bonds is 6. The van der Waals surface area contributed by atoms with Crippen LogP contribution in [0.3, 0.4) is 0 Å². The smallest absolute Gasteiger partial charge is 0.411 e. The molecule has 170 valence electrons. The monoisotopic (exact) mass is 450 g/mol. The normalized spacial score (nSPS) is 15.2. The number of benzene rings is 3. The van der Waals surface area contributed by atoms with Crippen LogP contribution in [0.25, 0.3) is 11.1 Å². The van der Waals surface area contributed by atoms with Crippen molar-refractivity contribution in [3.05, 3.63) is 84.2 Å². The van der Waals surface area contributed by atoms with Crippen LogP contribution in [0, 0.1) is 5.82 Å². The van der Waals surface area contributed by atoms with Gasteiger partial charge in [-0.3, -0.25) is 5.32 Å². The summed E-state index contributed by atoms with van der Waals surface area (Å²) in [4.78, 5) is 24.8. The zero-order valence-corrected chi connectivity index (χ0v) is 17.7. The summed E-state index contributed by atoms with van der Waals surface area (Å²) in [5.74, 6) is 0.148. The first-order valence-electron chi connectivity index (χ1n) is 10.5. The van der Waals surface area contributed by atoms with Crippen molar-refractivity contribution in [1.29, 1.82) is 0 Å². The van der Waals surface area contributed by atoms with Gasteiger partial charge in [0, 0.05) is 24.2 Å². The molecule has 8 heteroatoms.